The Labute approximate surface area is 112 Å². The van der Waals surface area contributed by atoms with E-state index in [9.17, 15) is 0 Å². The normalized spacial score (nSPS) is 20.5. The second kappa shape index (κ2) is 4.66. The highest BCUT2D eigenvalue weighted by molar-refractivity contribution is 5.45. The smallest absolute Gasteiger partial charge is 0.240 e. The second-order valence-electron chi connectivity index (χ2n) is 4.89. The molecule has 0 fully saturated rings. The van der Waals surface area contributed by atoms with Crippen LogP contribution in [0.1, 0.15) is 26.0 Å². The van der Waals surface area contributed by atoms with Gasteiger partial charge in [-0.1, -0.05) is 6.92 Å². The molecule has 1 atom stereocenters. The van der Waals surface area contributed by atoms with Crippen molar-refractivity contribution in [1.82, 2.24) is 20.1 Å². The third kappa shape index (κ3) is 2.00. The number of ether oxygens (including phenoxy) is 1. The highest BCUT2D eigenvalue weighted by Gasteiger charge is 2.37. The molecule has 0 aliphatic carbocycles. The van der Waals surface area contributed by atoms with Crippen molar-refractivity contribution in [3.05, 3.63) is 36.3 Å². The second-order valence-corrected chi connectivity index (χ2v) is 4.89. The Morgan fingerprint density at radius 2 is 2.26 bits per heavy atom. The van der Waals surface area contributed by atoms with E-state index in [4.69, 9.17) is 4.74 Å². The van der Waals surface area contributed by atoms with Crippen LogP contribution in [-0.2, 0) is 5.60 Å². The lowest BCUT2D eigenvalue weighted by Gasteiger charge is -2.35. The molecule has 100 valence electrons. The van der Waals surface area contributed by atoms with E-state index < -0.39 is 0 Å². The zero-order valence-electron chi connectivity index (χ0n) is 11.3. The van der Waals surface area contributed by atoms with Crippen LogP contribution in [0.3, 0.4) is 0 Å². The first-order valence-electron chi connectivity index (χ1n) is 6.64. The topological polar surface area (TPSA) is 52.0 Å². The van der Waals surface area contributed by atoms with Crippen LogP contribution in [0.5, 0.6) is 5.88 Å². The first kappa shape index (κ1) is 12.2. The summed E-state index contributed by atoms with van der Waals surface area (Å²) in [5, 5.41) is 7.74. The number of nitrogens with zero attached hydrogens (tertiary/aromatic N) is 3. The predicted octanol–water partition coefficient (Wildman–Crippen LogP) is 1.87. The number of rotatable bonds is 4. The number of nitrogens with one attached hydrogen (secondary N) is 1. The molecule has 0 bridgehead atoms. The van der Waals surface area contributed by atoms with Crippen LogP contribution >= 0.6 is 0 Å². The third-order valence-corrected chi connectivity index (χ3v) is 3.51. The van der Waals surface area contributed by atoms with E-state index in [2.05, 4.69) is 29.2 Å². The van der Waals surface area contributed by atoms with Crippen molar-refractivity contribution in [2.45, 2.75) is 25.9 Å². The van der Waals surface area contributed by atoms with Crippen LogP contribution in [0.25, 0.3) is 5.69 Å². The maximum atomic E-state index is 6.14. The van der Waals surface area contributed by atoms with Crippen molar-refractivity contribution in [3.63, 3.8) is 0 Å². The zero-order valence-corrected chi connectivity index (χ0v) is 11.3. The molecule has 1 unspecified atom stereocenters. The maximum Gasteiger partial charge on any atom is 0.240 e. The average Bonchev–Trinajstić information content (AvgIpc) is 2.90. The van der Waals surface area contributed by atoms with Gasteiger partial charge in [0.05, 0.1) is 5.69 Å². The van der Waals surface area contributed by atoms with Crippen LogP contribution in [0.2, 0.25) is 0 Å². The van der Waals surface area contributed by atoms with Crippen LogP contribution in [0.15, 0.2) is 30.6 Å². The summed E-state index contributed by atoms with van der Waals surface area (Å²) in [5.74, 6) is 0.651. The third-order valence-electron chi connectivity index (χ3n) is 3.51. The van der Waals surface area contributed by atoms with Crippen LogP contribution in [-0.4, -0.2) is 27.9 Å². The molecule has 0 amide bonds. The summed E-state index contributed by atoms with van der Waals surface area (Å²) < 4.78 is 8.07. The van der Waals surface area contributed by atoms with Crippen LogP contribution in [0.4, 0.5) is 0 Å². The van der Waals surface area contributed by atoms with E-state index in [-0.39, 0.29) is 5.60 Å². The molecule has 19 heavy (non-hydrogen) atoms. The molecule has 0 saturated carbocycles. The molecule has 0 aromatic carbocycles. The maximum absolute atomic E-state index is 6.14. The van der Waals surface area contributed by atoms with Crippen molar-refractivity contribution in [2.24, 2.45) is 0 Å². The molecule has 0 spiro atoms. The van der Waals surface area contributed by atoms with Crippen molar-refractivity contribution in [2.75, 3.05) is 13.1 Å². The van der Waals surface area contributed by atoms with Crippen LogP contribution in [0, 0.1) is 0 Å². The van der Waals surface area contributed by atoms with Gasteiger partial charge in [0.15, 0.2) is 5.60 Å². The molecule has 0 saturated heterocycles. The molecular formula is C14H18N4O. The quantitative estimate of drug-likeness (QED) is 0.851. The van der Waals surface area contributed by atoms with Crippen molar-refractivity contribution < 1.29 is 4.74 Å². The summed E-state index contributed by atoms with van der Waals surface area (Å²) in [6.45, 7) is 6.06. The zero-order chi connectivity index (χ0) is 13.3. The Hall–Kier alpha value is -1.88. The Morgan fingerprint density at radius 3 is 3.11 bits per heavy atom. The number of hydrogen-bond acceptors (Lipinski definition) is 4. The van der Waals surface area contributed by atoms with E-state index in [0.717, 1.165) is 30.9 Å². The number of aromatic nitrogens is 3. The molecule has 3 heterocycles. The fraction of sp³-hybridized carbons (Fsp3) is 0.429. The Balaban J connectivity index is 1.98. The molecule has 2 aromatic rings. The minimum atomic E-state index is -0.389. The highest BCUT2D eigenvalue weighted by atomic mass is 16.5. The molecule has 2 aromatic heterocycles. The Kier molecular flexibility index (Phi) is 2.98. The monoisotopic (exact) mass is 258 g/mol. The Bertz CT molecular complexity index is 580. The van der Waals surface area contributed by atoms with Crippen molar-refractivity contribution in [3.8, 4) is 11.6 Å². The summed E-state index contributed by atoms with van der Waals surface area (Å²) in [6.07, 6.45) is 4.44. The van der Waals surface area contributed by atoms with E-state index in [1.807, 2.05) is 29.1 Å². The van der Waals surface area contributed by atoms with Gasteiger partial charge in [-0.05, 0) is 38.2 Å². The van der Waals surface area contributed by atoms with Gasteiger partial charge in [-0.3, -0.25) is 0 Å². The van der Waals surface area contributed by atoms with Gasteiger partial charge in [-0.25, -0.2) is 9.67 Å². The summed E-state index contributed by atoms with van der Waals surface area (Å²) in [7, 11) is 0. The lowest BCUT2D eigenvalue weighted by molar-refractivity contribution is 0.0550. The lowest BCUT2D eigenvalue weighted by atomic mass is 9.96. The van der Waals surface area contributed by atoms with Gasteiger partial charge in [0.25, 0.3) is 0 Å². The van der Waals surface area contributed by atoms with Crippen molar-refractivity contribution >= 4 is 0 Å². The predicted molar refractivity (Wildman–Crippen MR) is 72.5 cm³/mol. The first-order chi connectivity index (χ1) is 9.24. The summed E-state index contributed by atoms with van der Waals surface area (Å²) >= 11 is 0. The highest BCUT2D eigenvalue weighted by Crippen LogP contribution is 2.38. The molecule has 5 heteroatoms. The fourth-order valence-electron chi connectivity index (χ4n) is 2.47. The standard InChI is InChI=1S/C14H18N4O/c1-3-15-10-7-14(2)12-6-9-17-18(12)11-5-4-8-16-13(11)19-14/h4-6,8-9,15H,3,7,10H2,1-2H3. The SMILES string of the molecule is CCNCCC1(C)Oc2ncccc2-n2nccc21. The van der Waals surface area contributed by atoms with E-state index >= 15 is 0 Å². The molecule has 1 aliphatic rings. The van der Waals surface area contributed by atoms with Gasteiger partial charge in [0.1, 0.15) is 5.69 Å². The number of fused-ring (bicyclic) bond motifs is 3. The molecule has 1 aliphatic heterocycles. The fourth-order valence-corrected chi connectivity index (χ4v) is 2.47. The van der Waals surface area contributed by atoms with E-state index in [1.165, 1.54) is 0 Å². The molecule has 5 nitrogen and oxygen atoms in total. The van der Waals surface area contributed by atoms with E-state index in [1.54, 1.807) is 6.20 Å². The number of pyridine rings is 1. The minimum absolute atomic E-state index is 0.389. The minimum Gasteiger partial charge on any atom is -0.463 e. The van der Waals surface area contributed by atoms with Gasteiger partial charge >= 0.3 is 0 Å². The largest absolute Gasteiger partial charge is 0.463 e. The van der Waals surface area contributed by atoms with Gasteiger partial charge in [-0.15, -0.1) is 0 Å². The van der Waals surface area contributed by atoms with Gasteiger partial charge in [-0.2, -0.15) is 5.10 Å². The Morgan fingerprint density at radius 1 is 1.37 bits per heavy atom. The number of hydrogen-bond donors (Lipinski definition) is 1. The van der Waals surface area contributed by atoms with Crippen molar-refractivity contribution in [1.29, 1.82) is 0 Å². The van der Waals surface area contributed by atoms with Gasteiger partial charge < -0.3 is 10.1 Å². The van der Waals surface area contributed by atoms with Gasteiger partial charge in [0, 0.05) is 18.8 Å². The summed E-state index contributed by atoms with van der Waals surface area (Å²) in [6, 6.07) is 5.89. The average molecular weight is 258 g/mol. The lowest BCUT2D eigenvalue weighted by Crippen LogP contribution is -2.38. The molecule has 0 radical (unpaired) electrons. The van der Waals surface area contributed by atoms with Crippen LogP contribution < -0.4 is 10.1 Å². The summed E-state index contributed by atoms with van der Waals surface area (Å²) in [5.41, 5.74) is 1.59. The summed E-state index contributed by atoms with van der Waals surface area (Å²) in [4.78, 5) is 4.32. The molecular weight excluding hydrogens is 240 g/mol. The van der Waals surface area contributed by atoms with Gasteiger partial charge in [0.2, 0.25) is 5.88 Å². The van der Waals surface area contributed by atoms with E-state index in [0.29, 0.717) is 5.88 Å². The molecule has 1 N–H and O–H groups in total. The first-order valence-corrected chi connectivity index (χ1v) is 6.64. The molecule has 3 rings (SSSR count).